The fourth-order valence-electron chi connectivity index (χ4n) is 2.52. The number of ether oxygens (including phenoxy) is 1. The summed E-state index contributed by atoms with van der Waals surface area (Å²) in [5.41, 5.74) is 1.04. The first-order valence-corrected chi connectivity index (χ1v) is 7.05. The molecule has 20 heavy (non-hydrogen) atoms. The molecule has 1 N–H and O–H groups in total. The van der Waals surface area contributed by atoms with E-state index in [0.29, 0.717) is 19.1 Å². The van der Waals surface area contributed by atoms with Crippen molar-refractivity contribution >= 4 is 11.6 Å². The third-order valence-corrected chi connectivity index (χ3v) is 3.83. The summed E-state index contributed by atoms with van der Waals surface area (Å²) in [6.07, 6.45) is 1.98. The Hall–Kier alpha value is -1.87. The van der Waals surface area contributed by atoms with Crippen LogP contribution in [0.15, 0.2) is 0 Å². The summed E-state index contributed by atoms with van der Waals surface area (Å²) in [7, 11) is 1.88. The number of nitrogens with zero attached hydrogens (tertiary/aromatic N) is 4. The van der Waals surface area contributed by atoms with Gasteiger partial charge in [0.25, 0.3) is 0 Å². The van der Waals surface area contributed by atoms with E-state index >= 15 is 0 Å². The molecule has 3 rings (SSSR count). The second-order valence-corrected chi connectivity index (χ2v) is 5.34. The lowest BCUT2D eigenvalue weighted by atomic mass is 10.2. The molecule has 0 radical (unpaired) electrons. The molecule has 1 atom stereocenters. The Morgan fingerprint density at radius 2 is 2.20 bits per heavy atom. The molecule has 0 spiro atoms. The van der Waals surface area contributed by atoms with Crippen molar-refractivity contribution < 1.29 is 4.74 Å². The molecule has 1 aliphatic heterocycles. The Morgan fingerprint density at radius 3 is 2.85 bits per heavy atom. The van der Waals surface area contributed by atoms with Gasteiger partial charge in [-0.05, 0) is 19.8 Å². The van der Waals surface area contributed by atoms with Crippen LogP contribution < -0.4 is 10.2 Å². The summed E-state index contributed by atoms with van der Waals surface area (Å²) in [5, 5.41) is 12.2. The van der Waals surface area contributed by atoms with Crippen LogP contribution in [0.25, 0.3) is 0 Å². The Balaban J connectivity index is 1.94. The van der Waals surface area contributed by atoms with Gasteiger partial charge in [0.1, 0.15) is 17.5 Å². The van der Waals surface area contributed by atoms with Crippen LogP contribution in [0, 0.1) is 18.3 Å². The van der Waals surface area contributed by atoms with Crippen molar-refractivity contribution in [3.8, 4) is 6.07 Å². The summed E-state index contributed by atoms with van der Waals surface area (Å²) >= 11 is 0. The predicted octanol–water partition coefficient (Wildman–Crippen LogP) is 1.43. The molecule has 6 heteroatoms. The molecule has 1 saturated heterocycles. The van der Waals surface area contributed by atoms with Gasteiger partial charge in [-0.3, -0.25) is 0 Å². The number of nitriles is 1. The predicted molar refractivity (Wildman–Crippen MR) is 75.9 cm³/mol. The minimum atomic E-state index is -0.375. The smallest absolute Gasteiger partial charge is 0.161 e. The molecule has 1 aromatic rings. The minimum absolute atomic E-state index is 0.375. The van der Waals surface area contributed by atoms with Crippen LogP contribution in [-0.2, 0) is 4.74 Å². The number of anilines is 2. The third-order valence-electron chi connectivity index (χ3n) is 3.83. The van der Waals surface area contributed by atoms with Gasteiger partial charge in [-0.1, -0.05) is 0 Å². The molecule has 1 saturated carbocycles. The van der Waals surface area contributed by atoms with Crippen LogP contribution in [0.1, 0.15) is 30.1 Å². The van der Waals surface area contributed by atoms with E-state index in [4.69, 9.17) is 15.0 Å². The molecule has 2 aliphatic rings. The molecule has 0 aromatic carbocycles. The Kier molecular flexibility index (Phi) is 3.45. The highest BCUT2D eigenvalue weighted by Crippen LogP contribution is 2.40. The SMILES string of the molecule is CNc1nc(C2CC2)nc(N2CCOC(C#N)C2)c1C. The molecular weight excluding hydrogens is 254 g/mol. The summed E-state index contributed by atoms with van der Waals surface area (Å²) < 4.78 is 5.40. The van der Waals surface area contributed by atoms with Gasteiger partial charge >= 0.3 is 0 Å². The van der Waals surface area contributed by atoms with E-state index in [2.05, 4.69) is 21.3 Å². The second-order valence-electron chi connectivity index (χ2n) is 5.34. The number of morpholine rings is 1. The molecular formula is C14H19N5O. The van der Waals surface area contributed by atoms with Crippen LogP contribution in [0.5, 0.6) is 0 Å². The van der Waals surface area contributed by atoms with E-state index in [1.165, 1.54) is 12.8 Å². The second kappa shape index (κ2) is 5.25. The number of nitrogens with one attached hydrogen (secondary N) is 1. The quantitative estimate of drug-likeness (QED) is 0.898. The van der Waals surface area contributed by atoms with E-state index in [1.54, 1.807) is 0 Å². The first-order chi connectivity index (χ1) is 9.72. The van der Waals surface area contributed by atoms with Crippen molar-refractivity contribution in [3.63, 3.8) is 0 Å². The van der Waals surface area contributed by atoms with Gasteiger partial charge in [0.05, 0.1) is 19.2 Å². The lowest BCUT2D eigenvalue weighted by Gasteiger charge is -2.32. The molecule has 106 valence electrons. The van der Waals surface area contributed by atoms with Crippen LogP contribution >= 0.6 is 0 Å². The highest BCUT2D eigenvalue weighted by atomic mass is 16.5. The zero-order valence-corrected chi connectivity index (χ0v) is 11.9. The Labute approximate surface area is 118 Å². The van der Waals surface area contributed by atoms with Crippen molar-refractivity contribution in [2.45, 2.75) is 31.8 Å². The van der Waals surface area contributed by atoms with Crippen molar-refractivity contribution in [1.29, 1.82) is 5.26 Å². The molecule has 0 amide bonds. The lowest BCUT2D eigenvalue weighted by molar-refractivity contribution is 0.0761. The standard InChI is InChI=1S/C14H19N5O/c1-9-12(16-2)17-13(10-3-4-10)18-14(9)19-5-6-20-11(7-15)8-19/h10-11H,3-6,8H2,1-2H3,(H,16,17,18). The van der Waals surface area contributed by atoms with Gasteiger partial charge in [-0.25, -0.2) is 9.97 Å². The summed E-state index contributed by atoms with van der Waals surface area (Å²) in [6, 6.07) is 2.18. The topological polar surface area (TPSA) is 74.1 Å². The largest absolute Gasteiger partial charge is 0.373 e. The van der Waals surface area contributed by atoms with Crippen LogP contribution in [0.2, 0.25) is 0 Å². The molecule has 1 unspecified atom stereocenters. The Bertz CT molecular complexity index is 549. The number of hydrogen-bond acceptors (Lipinski definition) is 6. The maximum atomic E-state index is 9.03. The first kappa shape index (κ1) is 13.1. The van der Waals surface area contributed by atoms with Gasteiger partial charge in [0, 0.05) is 25.1 Å². The van der Waals surface area contributed by atoms with Crippen LogP contribution in [0.3, 0.4) is 0 Å². The number of aromatic nitrogens is 2. The van der Waals surface area contributed by atoms with Gasteiger partial charge in [-0.2, -0.15) is 5.26 Å². The Morgan fingerprint density at radius 1 is 1.40 bits per heavy atom. The average Bonchev–Trinajstić information content (AvgIpc) is 3.32. The average molecular weight is 273 g/mol. The van der Waals surface area contributed by atoms with E-state index in [0.717, 1.165) is 29.6 Å². The fourth-order valence-corrected chi connectivity index (χ4v) is 2.52. The van der Waals surface area contributed by atoms with E-state index in [9.17, 15) is 0 Å². The zero-order chi connectivity index (χ0) is 14.1. The summed E-state index contributed by atoms with van der Waals surface area (Å²) in [6.45, 7) is 3.93. The van der Waals surface area contributed by atoms with Crippen molar-refractivity contribution in [3.05, 3.63) is 11.4 Å². The molecule has 2 fully saturated rings. The summed E-state index contributed by atoms with van der Waals surface area (Å²) in [5.74, 6) is 3.26. The van der Waals surface area contributed by atoms with E-state index in [1.807, 2.05) is 14.0 Å². The first-order valence-electron chi connectivity index (χ1n) is 7.05. The third kappa shape index (κ3) is 2.41. The zero-order valence-electron chi connectivity index (χ0n) is 11.9. The minimum Gasteiger partial charge on any atom is -0.373 e. The number of rotatable bonds is 3. The van der Waals surface area contributed by atoms with Gasteiger partial charge in [0.15, 0.2) is 6.10 Å². The lowest BCUT2D eigenvalue weighted by Crippen LogP contribution is -2.42. The molecule has 1 aliphatic carbocycles. The van der Waals surface area contributed by atoms with Gasteiger partial charge < -0.3 is 15.0 Å². The van der Waals surface area contributed by atoms with Crippen molar-refractivity contribution in [2.24, 2.45) is 0 Å². The molecule has 2 heterocycles. The van der Waals surface area contributed by atoms with E-state index < -0.39 is 0 Å². The highest BCUT2D eigenvalue weighted by Gasteiger charge is 2.30. The van der Waals surface area contributed by atoms with Crippen LogP contribution in [-0.4, -0.2) is 42.8 Å². The number of hydrogen-bond donors (Lipinski definition) is 1. The normalized spacial score (nSPS) is 22.4. The highest BCUT2D eigenvalue weighted by molar-refractivity contribution is 5.59. The molecule has 1 aromatic heterocycles. The fraction of sp³-hybridized carbons (Fsp3) is 0.643. The van der Waals surface area contributed by atoms with Crippen molar-refractivity contribution in [2.75, 3.05) is 37.0 Å². The maximum absolute atomic E-state index is 9.03. The van der Waals surface area contributed by atoms with Gasteiger partial charge in [-0.15, -0.1) is 0 Å². The van der Waals surface area contributed by atoms with Crippen LogP contribution in [0.4, 0.5) is 11.6 Å². The van der Waals surface area contributed by atoms with E-state index in [-0.39, 0.29) is 6.10 Å². The monoisotopic (exact) mass is 273 g/mol. The van der Waals surface area contributed by atoms with Gasteiger partial charge in [0.2, 0.25) is 0 Å². The summed E-state index contributed by atoms with van der Waals surface area (Å²) in [4.78, 5) is 11.5. The molecule has 6 nitrogen and oxygen atoms in total. The molecule has 0 bridgehead atoms. The van der Waals surface area contributed by atoms with Crippen molar-refractivity contribution in [1.82, 2.24) is 9.97 Å². The maximum Gasteiger partial charge on any atom is 0.161 e.